The second-order valence-electron chi connectivity index (χ2n) is 5.85. The molecule has 2 heteroatoms. The molecule has 2 N–H and O–H groups in total. The monoisotopic (exact) mass is 224 g/mol. The second kappa shape index (κ2) is 6.61. The zero-order chi connectivity index (χ0) is 11.2. The van der Waals surface area contributed by atoms with Crippen LogP contribution in [0.3, 0.4) is 0 Å². The molecule has 1 saturated heterocycles. The SMILES string of the molecule is CC(CNCCCC1CCNCC1)C1CC1. The van der Waals surface area contributed by atoms with Gasteiger partial charge in [-0.1, -0.05) is 6.92 Å². The quantitative estimate of drug-likeness (QED) is 0.649. The molecule has 1 aliphatic heterocycles. The molecule has 1 aliphatic carbocycles. The average molecular weight is 224 g/mol. The summed E-state index contributed by atoms with van der Waals surface area (Å²) in [6.45, 7) is 7.38. The highest BCUT2D eigenvalue weighted by atomic mass is 14.9. The van der Waals surface area contributed by atoms with E-state index in [-0.39, 0.29) is 0 Å². The molecule has 1 saturated carbocycles. The number of piperidine rings is 1. The summed E-state index contributed by atoms with van der Waals surface area (Å²) in [5, 5.41) is 7.07. The molecule has 0 radical (unpaired) electrons. The molecule has 2 nitrogen and oxygen atoms in total. The molecule has 0 aromatic carbocycles. The third-order valence-corrected chi connectivity index (χ3v) is 4.32. The van der Waals surface area contributed by atoms with E-state index in [9.17, 15) is 0 Å². The van der Waals surface area contributed by atoms with Crippen molar-refractivity contribution in [3.8, 4) is 0 Å². The summed E-state index contributed by atoms with van der Waals surface area (Å²) in [5.74, 6) is 2.97. The molecule has 1 atom stereocenters. The van der Waals surface area contributed by atoms with Crippen molar-refractivity contribution in [2.45, 2.75) is 45.4 Å². The van der Waals surface area contributed by atoms with Gasteiger partial charge in [-0.25, -0.2) is 0 Å². The van der Waals surface area contributed by atoms with Gasteiger partial charge in [-0.15, -0.1) is 0 Å². The molecule has 2 aliphatic rings. The van der Waals surface area contributed by atoms with Crippen molar-refractivity contribution >= 4 is 0 Å². The summed E-state index contributed by atoms with van der Waals surface area (Å²) in [6, 6.07) is 0. The van der Waals surface area contributed by atoms with Gasteiger partial charge in [0, 0.05) is 0 Å². The Labute approximate surface area is 101 Å². The van der Waals surface area contributed by atoms with Gasteiger partial charge < -0.3 is 10.6 Å². The second-order valence-corrected chi connectivity index (χ2v) is 5.85. The lowest BCUT2D eigenvalue weighted by atomic mass is 9.93. The first kappa shape index (κ1) is 12.4. The lowest BCUT2D eigenvalue weighted by Gasteiger charge is -2.22. The van der Waals surface area contributed by atoms with E-state index in [0.29, 0.717) is 0 Å². The van der Waals surface area contributed by atoms with Crippen LogP contribution in [0.2, 0.25) is 0 Å². The van der Waals surface area contributed by atoms with E-state index in [2.05, 4.69) is 17.6 Å². The summed E-state index contributed by atoms with van der Waals surface area (Å²) in [7, 11) is 0. The Bertz CT molecular complexity index is 183. The van der Waals surface area contributed by atoms with Gasteiger partial charge in [0.2, 0.25) is 0 Å². The number of hydrogen-bond acceptors (Lipinski definition) is 2. The van der Waals surface area contributed by atoms with Crippen LogP contribution >= 0.6 is 0 Å². The van der Waals surface area contributed by atoms with Crippen molar-refractivity contribution in [1.29, 1.82) is 0 Å². The van der Waals surface area contributed by atoms with E-state index in [1.807, 2.05) is 0 Å². The van der Waals surface area contributed by atoms with Crippen molar-refractivity contribution in [3.63, 3.8) is 0 Å². The Morgan fingerprint density at radius 3 is 2.62 bits per heavy atom. The molecular formula is C14H28N2. The van der Waals surface area contributed by atoms with Crippen LogP contribution < -0.4 is 10.6 Å². The van der Waals surface area contributed by atoms with Gasteiger partial charge in [0.05, 0.1) is 0 Å². The Morgan fingerprint density at radius 2 is 1.94 bits per heavy atom. The molecule has 0 spiro atoms. The summed E-state index contributed by atoms with van der Waals surface area (Å²) in [5.41, 5.74) is 0. The van der Waals surface area contributed by atoms with E-state index in [0.717, 1.165) is 17.8 Å². The summed E-state index contributed by atoms with van der Waals surface area (Å²) in [6.07, 6.45) is 8.58. The van der Waals surface area contributed by atoms with Crippen LogP contribution in [0.4, 0.5) is 0 Å². The largest absolute Gasteiger partial charge is 0.317 e. The third kappa shape index (κ3) is 4.42. The summed E-state index contributed by atoms with van der Waals surface area (Å²) in [4.78, 5) is 0. The smallest absolute Gasteiger partial charge is 0.00205 e. The molecule has 2 fully saturated rings. The molecule has 0 bridgehead atoms. The van der Waals surface area contributed by atoms with Crippen LogP contribution in [0.1, 0.15) is 45.4 Å². The van der Waals surface area contributed by atoms with Crippen LogP contribution in [0.5, 0.6) is 0 Å². The van der Waals surface area contributed by atoms with E-state index in [4.69, 9.17) is 0 Å². The third-order valence-electron chi connectivity index (χ3n) is 4.32. The van der Waals surface area contributed by atoms with Crippen LogP contribution in [0.25, 0.3) is 0 Å². The fourth-order valence-corrected chi connectivity index (χ4v) is 2.85. The van der Waals surface area contributed by atoms with Gasteiger partial charge in [-0.05, 0) is 82.5 Å². The van der Waals surface area contributed by atoms with Crippen LogP contribution in [0, 0.1) is 17.8 Å². The van der Waals surface area contributed by atoms with Crippen molar-refractivity contribution in [2.75, 3.05) is 26.2 Å². The van der Waals surface area contributed by atoms with Gasteiger partial charge in [0.25, 0.3) is 0 Å². The first-order valence-electron chi connectivity index (χ1n) is 7.27. The van der Waals surface area contributed by atoms with Gasteiger partial charge in [-0.3, -0.25) is 0 Å². The molecule has 0 aromatic rings. The van der Waals surface area contributed by atoms with E-state index in [1.54, 1.807) is 0 Å². The number of nitrogens with one attached hydrogen (secondary N) is 2. The minimum atomic E-state index is 0.916. The highest BCUT2D eigenvalue weighted by Gasteiger charge is 2.27. The van der Waals surface area contributed by atoms with Crippen molar-refractivity contribution in [2.24, 2.45) is 17.8 Å². The fraction of sp³-hybridized carbons (Fsp3) is 1.00. The van der Waals surface area contributed by atoms with Gasteiger partial charge in [-0.2, -0.15) is 0 Å². The highest BCUT2D eigenvalue weighted by molar-refractivity contribution is 4.79. The van der Waals surface area contributed by atoms with Crippen LogP contribution in [-0.2, 0) is 0 Å². The molecule has 2 rings (SSSR count). The van der Waals surface area contributed by atoms with Crippen molar-refractivity contribution in [3.05, 3.63) is 0 Å². The summed E-state index contributed by atoms with van der Waals surface area (Å²) >= 11 is 0. The highest BCUT2D eigenvalue weighted by Crippen LogP contribution is 2.36. The lowest BCUT2D eigenvalue weighted by molar-refractivity contribution is 0.342. The van der Waals surface area contributed by atoms with E-state index in [1.165, 1.54) is 64.7 Å². The predicted molar refractivity (Wildman–Crippen MR) is 69.6 cm³/mol. The van der Waals surface area contributed by atoms with Gasteiger partial charge in [0.1, 0.15) is 0 Å². The molecule has 0 aromatic heterocycles. The molecule has 0 amide bonds. The standard InChI is InChI=1S/C14H28N2/c1-12(14-4-5-14)11-16-8-2-3-13-6-9-15-10-7-13/h12-16H,2-11H2,1H3. The topological polar surface area (TPSA) is 24.1 Å². The number of rotatable bonds is 7. The zero-order valence-electron chi connectivity index (χ0n) is 10.8. The maximum Gasteiger partial charge on any atom is -0.00205 e. The maximum atomic E-state index is 3.63. The van der Waals surface area contributed by atoms with Gasteiger partial charge in [0.15, 0.2) is 0 Å². The first-order chi connectivity index (χ1) is 7.86. The van der Waals surface area contributed by atoms with E-state index < -0.39 is 0 Å². The Balaban J connectivity index is 1.42. The van der Waals surface area contributed by atoms with Gasteiger partial charge >= 0.3 is 0 Å². The normalized spacial score (nSPS) is 24.6. The van der Waals surface area contributed by atoms with Crippen molar-refractivity contribution in [1.82, 2.24) is 10.6 Å². The molecule has 1 unspecified atom stereocenters. The van der Waals surface area contributed by atoms with Crippen molar-refractivity contribution < 1.29 is 0 Å². The lowest BCUT2D eigenvalue weighted by Crippen LogP contribution is -2.28. The summed E-state index contributed by atoms with van der Waals surface area (Å²) < 4.78 is 0. The molecule has 16 heavy (non-hydrogen) atoms. The fourth-order valence-electron chi connectivity index (χ4n) is 2.85. The Kier molecular flexibility index (Phi) is 5.11. The zero-order valence-corrected chi connectivity index (χ0v) is 10.8. The Hall–Kier alpha value is -0.0800. The van der Waals surface area contributed by atoms with Crippen LogP contribution in [-0.4, -0.2) is 26.2 Å². The minimum absolute atomic E-state index is 0.916. The van der Waals surface area contributed by atoms with Crippen LogP contribution in [0.15, 0.2) is 0 Å². The molecule has 1 heterocycles. The predicted octanol–water partition coefficient (Wildman–Crippen LogP) is 2.40. The Morgan fingerprint density at radius 1 is 1.19 bits per heavy atom. The maximum absolute atomic E-state index is 3.63. The number of hydrogen-bond donors (Lipinski definition) is 2. The molecule has 94 valence electrons. The molecular weight excluding hydrogens is 196 g/mol. The minimum Gasteiger partial charge on any atom is -0.317 e. The van der Waals surface area contributed by atoms with E-state index >= 15 is 0 Å². The average Bonchev–Trinajstić information content (AvgIpc) is 3.13. The first-order valence-corrected chi connectivity index (χ1v) is 7.27.